The third kappa shape index (κ3) is 7.13. The van der Waals surface area contributed by atoms with E-state index in [0.717, 1.165) is 26.2 Å². The number of nitrogens with zero attached hydrogens (tertiary/aromatic N) is 2. The first kappa shape index (κ1) is 20.4. The van der Waals surface area contributed by atoms with E-state index in [9.17, 15) is 8.78 Å². The minimum atomic E-state index is -2.84. The highest BCUT2D eigenvalue weighted by molar-refractivity contribution is 5.79. The number of halogens is 2. The van der Waals surface area contributed by atoms with Crippen LogP contribution in [0.4, 0.5) is 8.78 Å². The summed E-state index contributed by atoms with van der Waals surface area (Å²) in [5, 5.41) is 6.39. The van der Waals surface area contributed by atoms with Gasteiger partial charge in [-0.3, -0.25) is 9.89 Å². The number of ether oxygens (including phenoxy) is 2. The fourth-order valence-electron chi connectivity index (χ4n) is 2.70. The van der Waals surface area contributed by atoms with Crippen molar-refractivity contribution in [3.8, 4) is 5.75 Å². The Morgan fingerprint density at radius 3 is 2.69 bits per heavy atom. The number of guanidine groups is 1. The van der Waals surface area contributed by atoms with E-state index in [1.54, 1.807) is 32.4 Å². The van der Waals surface area contributed by atoms with Crippen LogP contribution in [0.5, 0.6) is 5.75 Å². The van der Waals surface area contributed by atoms with Crippen molar-refractivity contribution in [3.05, 3.63) is 29.8 Å². The standard InChI is InChI=1S/C18H28F2N4O2/c1-21-18(22-9-10-24(11-12-25-2)15-7-8-15)23-13-14-5-3-4-6-16(14)26-17(19)20/h3-6,15,17H,7-13H2,1-2H3,(H2,21,22,23). The molecule has 0 bridgehead atoms. The molecule has 0 radical (unpaired) electrons. The largest absolute Gasteiger partial charge is 0.434 e. The lowest BCUT2D eigenvalue weighted by Gasteiger charge is -2.22. The van der Waals surface area contributed by atoms with Gasteiger partial charge in [-0.25, -0.2) is 0 Å². The highest BCUT2D eigenvalue weighted by Gasteiger charge is 2.28. The third-order valence-electron chi connectivity index (χ3n) is 4.20. The molecular weight excluding hydrogens is 342 g/mol. The molecule has 1 fully saturated rings. The molecule has 146 valence electrons. The lowest BCUT2D eigenvalue weighted by molar-refractivity contribution is -0.0504. The number of alkyl halides is 2. The first-order valence-electron chi connectivity index (χ1n) is 8.84. The monoisotopic (exact) mass is 370 g/mol. The normalized spacial score (nSPS) is 14.8. The van der Waals surface area contributed by atoms with Gasteiger partial charge in [-0.1, -0.05) is 18.2 Å². The van der Waals surface area contributed by atoms with Crippen molar-refractivity contribution in [2.45, 2.75) is 32.0 Å². The van der Waals surface area contributed by atoms with E-state index in [1.165, 1.54) is 18.9 Å². The van der Waals surface area contributed by atoms with E-state index in [4.69, 9.17) is 4.74 Å². The number of nitrogens with one attached hydrogen (secondary N) is 2. The predicted molar refractivity (Wildman–Crippen MR) is 97.7 cm³/mol. The molecule has 2 N–H and O–H groups in total. The van der Waals surface area contributed by atoms with Crippen molar-refractivity contribution in [2.75, 3.05) is 40.4 Å². The molecule has 8 heteroatoms. The van der Waals surface area contributed by atoms with Crippen LogP contribution in [0.15, 0.2) is 29.3 Å². The van der Waals surface area contributed by atoms with E-state index in [0.29, 0.717) is 24.1 Å². The van der Waals surface area contributed by atoms with Crippen molar-refractivity contribution in [2.24, 2.45) is 4.99 Å². The van der Waals surface area contributed by atoms with Gasteiger partial charge in [0.05, 0.1) is 6.61 Å². The van der Waals surface area contributed by atoms with Crippen molar-refractivity contribution in [1.82, 2.24) is 15.5 Å². The Bertz CT molecular complexity index is 568. The summed E-state index contributed by atoms with van der Waals surface area (Å²) in [6.07, 6.45) is 2.50. The molecule has 26 heavy (non-hydrogen) atoms. The fourth-order valence-corrected chi connectivity index (χ4v) is 2.70. The van der Waals surface area contributed by atoms with Crippen LogP contribution in [-0.4, -0.2) is 63.9 Å². The van der Waals surface area contributed by atoms with Crippen LogP contribution in [0, 0.1) is 0 Å². The molecule has 0 aliphatic heterocycles. The average molecular weight is 370 g/mol. The van der Waals surface area contributed by atoms with Gasteiger partial charge < -0.3 is 20.1 Å². The molecule has 0 amide bonds. The highest BCUT2D eigenvalue weighted by Crippen LogP contribution is 2.26. The van der Waals surface area contributed by atoms with Crippen molar-refractivity contribution < 1.29 is 18.3 Å². The maximum Gasteiger partial charge on any atom is 0.387 e. The van der Waals surface area contributed by atoms with Crippen LogP contribution < -0.4 is 15.4 Å². The Morgan fingerprint density at radius 1 is 1.27 bits per heavy atom. The Hall–Kier alpha value is -1.93. The molecule has 6 nitrogen and oxygen atoms in total. The van der Waals surface area contributed by atoms with Crippen LogP contribution in [-0.2, 0) is 11.3 Å². The quantitative estimate of drug-likeness (QED) is 0.461. The maximum atomic E-state index is 12.5. The minimum absolute atomic E-state index is 0.171. The molecule has 0 saturated heterocycles. The second kappa shape index (κ2) is 10.9. The van der Waals surface area contributed by atoms with E-state index in [2.05, 4.69) is 25.3 Å². The molecule has 0 spiro atoms. The van der Waals surface area contributed by atoms with E-state index < -0.39 is 6.61 Å². The molecule has 1 saturated carbocycles. The van der Waals surface area contributed by atoms with Crippen molar-refractivity contribution in [3.63, 3.8) is 0 Å². The molecule has 0 aromatic heterocycles. The number of para-hydroxylation sites is 1. The SMILES string of the molecule is CN=C(NCCN(CCOC)C1CC1)NCc1ccccc1OC(F)F. The Kier molecular flexibility index (Phi) is 8.57. The zero-order valence-corrected chi connectivity index (χ0v) is 15.4. The van der Waals surface area contributed by atoms with Gasteiger partial charge in [0, 0.05) is 51.9 Å². The summed E-state index contributed by atoms with van der Waals surface area (Å²) < 4.78 is 34.7. The van der Waals surface area contributed by atoms with Gasteiger partial charge in [0.25, 0.3) is 0 Å². The van der Waals surface area contributed by atoms with Crippen molar-refractivity contribution in [1.29, 1.82) is 0 Å². The lowest BCUT2D eigenvalue weighted by Crippen LogP contribution is -2.42. The fraction of sp³-hybridized carbons (Fsp3) is 0.611. The Labute approximate surface area is 153 Å². The smallest absolute Gasteiger partial charge is 0.387 e. The summed E-state index contributed by atoms with van der Waals surface area (Å²) in [5.74, 6) is 0.796. The van der Waals surface area contributed by atoms with Gasteiger partial charge in [-0.2, -0.15) is 8.78 Å². The van der Waals surface area contributed by atoms with Gasteiger partial charge >= 0.3 is 6.61 Å². The molecule has 0 unspecified atom stereocenters. The number of benzene rings is 1. The zero-order valence-electron chi connectivity index (χ0n) is 15.4. The molecule has 1 aliphatic carbocycles. The summed E-state index contributed by atoms with van der Waals surface area (Å²) in [6.45, 7) is 0.805. The zero-order chi connectivity index (χ0) is 18.8. The Balaban J connectivity index is 1.77. The van der Waals surface area contributed by atoms with Gasteiger partial charge in [-0.05, 0) is 18.9 Å². The van der Waals surface area contributed by atoms with Crippen LogP contribution >= 0.6 is 0 Å². The second-order valence-corrected chi connectivity index (χ2v) is 6.10. The summed E-state index contributed by atoms with van der Waals surface area (Å²) in [5.41, 5.74) is 0.649. The Morgan fingerprint density at radius 2 is 2.04 bits per heavy atom. The predicted octanol–water partition coefficient (Wildman–Crippen LogP) is 2.06. The van der Waals surface area contributed by atoms with Crippen LogP contribution in [0.2, 0.25) is 0 Å². The number of methoxy groups -OCH3 is 1. The van der Waals surface area contributed by atoms with Crippen LogP contribution in [0.25, 0.3) is 0 Å². The number of hydrogen-bond acceptors (Lipinski definition) is 4. The summed E-state index contributed by atoms with van der Waals surface area (Å²) in [7, 11) is 3.39. The molecule has 1 aromatic carbocycles. The van der Waals surface area contributed by atoms with Gasteiger partial charge in [0.1, 0.15) is 5.75 Å². The third-order valence-corrected chi connectivity index (χ3v) is 4.20. The maximum absolute atomic E-state index is 12.5. The van der Waals surface area contributed by atoms with E-state index in [-0.39, 0.29) is 5.75 Å². The number of aliphatic imine (C=N–C) groups is 1. The topological polar surface area (TPSA) is 58.1 Å². The molecular formula is C18H28F2N4O2. The van der Waals surface area contributed by atoms with Crippen LogP contribution in [0.1, 0.15) is 18.4 Å². The minimum Gasteiger partial charge on any atom is -0.434 e. The van der Waals surface area contributed by atoms with Gasteiger partial charge in [-0.15, -0.1) is 0 Å². The van der Waals surface area contributed by atoms with Gasteiger partial charge in [0.15, 0.2) is 5.96 Å². The first-order chi connectivity index (χ1) is 12.6. The lowest BCUT2D eigenvalue weighted by atomic mass is 10.2. The number of hydrogen-bond donors (Lipinski definition) is 2. The van der Waals surface area contributed by atoms with Gasteiger partial charge in [0.2, 0.25) is 0 Å². The van der Waals surface area contributed by atoms with Crippen LogP contribution in [0.3, 0.4) is 0 Å². The molecule has 1 aliphatic rings. The summed E-state index contributed by atoms with van der Waals surface area (Å²) >= 11 is 0. The van der Waals surface area contributed by atoms with E-state index >= 15 is 0 Å². The average Bonchev–Trinajstić information content (AvgIpc) is 3.46. The van der Waals surface area contributed by atoms with Crippen molar-refractivity contribution >= 4 is 5.96 Å². The highest BCUT2D eigenvalue weighted by atomic mass is 19.3. The molecule has 0 atom stereocenters. The number of rotatable bonds is 11. The second-order valence-electron chi connectivity index (χ2n) is 6.10. The molecule has 2 rings (SSSR count). The summed E-state index contributed by atoms with van der Waals surface area (Å²) in [4.78, 5) is 6.59. The van der Waals surface area contributed by atoms with E-state index in [1.807, 2.05) is 0 Å². The summed E-state index contributed by atoms with van der Waals surface area (Å²) in [6, 6.07) is 7.40. The first-order valence-corrected chi connectivity index (χ1v) is 8.84. The molecule has 1 aromatic rings. The molecule has 0 heterocycles.